The second-order valence-corrected chi connectivity index (χ2v) is 7.65. The zero-order chi connectivity index (χ0) is 17.1. The first kappa shape index (κ1) is 16.8. The van der Waals surface area contributed by atoms with Gasteiger partial charge in [-0.15, -0.1) is 21.5 Å². The molecule has 0 bridgehead atoms. The minimum atomic E-state index is -0.258. The largest absolute Gasteiger partial charge is 0.469 e. The SMILES string of the molecule is Cc1occc1-c1nnc(S[C@@H](C)C(=O)NCc2cccs2)n1C. The van der Waals surface area contributed by atoms with E-state index in [4.69, 9.17) is 4.42 Å². The normalized spacial score (nSPS) is 12.3. The molecular weight excluding hydrogens is 344 g/mol. The number of thiophene rings is 1. The van der Waals surface area contributed by atoms with E-state index < -0.39 is 0 Å². The van der Waals surface area contributed by atoms with Crippen molar-refractivity contribution in [3.8, 4) is 11.4 Å². The number of furan rings is 1. The molecule has 24 heavy (non-hydrogen) atoms. The van der Waals surface area contributed by atoms with E-state index >= 15 is 0 Å². The van der Waals surface area contributed by atoms with Crippen molar-refractivity contribution in [2.45, 2.75) is 30.8 Å². The lowest BCUT2D eigenvalue weighted by Gasteiger charge is -2.11. The van der Waals surface area contributed by atoms with Crippen LogP contribution in [0.2, 0.25) is 0 Å². The molecule has 0 aliphatic heterocycles. The molecule has 3 heterocycles. The van der Waals surface area contributed by atoms with Crippen molar-refractivity contribution in [1.82, 2.24) is 20.1 Å². The number of hydrogen-bond acceptors (Lipinski definition) is 6. The van der Waals surface area contributed by atoms with Crippen molar-refractivity contribution < 1.29 is 9.21 Å². The summed E-state index contributed by atoms with van der Waals surface area (Å²) >= 11 is 3.02. The zero-order valence-electron chi connectivity index (χ0n) is 13.6. The average molecular weight is 362 g/mol. The molecule has 3 aromatic rings. The molecule has 0 unspecified atom stereocenters. The Morgan fingerprint density at radius 3 is 2.96 bits per heavy atom. The first-order valence-corrected chi connectivity index (χ1v) is 9.23. The van der Waals surface area contributed by atoms with Crippen LogP contribution >= 0.6 is 23.1 Å². The molecule has 0 spiro atoms. The Bertz CT molecular complexity index is 823. The standard InChI is InChI=1S/C16H18N4O2S2/c1-10-13(6-7-22-10)14-18-19-16(20(14)3)24-11(2)15(21)17-9-12-5-4-8-23-12/h4-8,11H,9H2,1-3H3,(H,17,21)/t11-/m0/s1. The third kappa shape index (κ3) is 3.54. The van der Waals surface area contributed by atoms with Crippen LogP contribution in [0.3, 0.4) is 0 Å². The topological polar surface area (TPSA) is 72.9 Å². The molecule has 0 saturated heterocycles. The molecule has 1 atom stereocenters. The van der Waals surface area contributed by atoms with E-state index in [1.54, 1.807) is 17.6 Å². The van der Waals surface area contributed by atoms with Crippen LogP contribution in [0, 0.1) is 6.92 Å². The number of nitrogens with one attached hydrogen (secondary N) is 1. The lowest BCUT2D eigenvalue weighted by Crippen LogP contribution is -2.30. The van der Waals surface area contributed by atoms with Crippen LogP contribution < -0.4 is 5.32 Å². The summed E-state index contributed by atoms with van der Waals surface area (Å²) in [5, 5.41) is 13.8. The highest BCUT2D eigenvalue weighted by Crippen LogP contribution is 2.27. The maximum atomic E-state index is 12.2. The predicted molar refractivity (Wildman–Crippen MR) is 94.9 cm³/mol. The Hall–Kier alpha value is -2.06. The second-order valence-electron chi connectivity index (χ2n) is 5.31. The first-order chi connectivity index (χ1) is 11.6. The highest BCUT2D eigenvalue weighted by Gasteiger charge is 2.20. The molecule has 1 N–H and O–H groups in total. The maximum Gasteiger partial charge on any atom is 0.233 e. The van der Waals surface area contributed by atoms with E-state index in [2.05, 4.69) is 15.5 Å². The third-order valence-electron chi connectivity index (χ3n) is 3.60. The molecule has 1 amide bonds. The Balaban J connectivity index is 1.64. The summed E-state index contributed by atoms with van der Waals surface area (Å²) in [7, 11) is 1.89. The van der Waals surface area contributed by atoms with E-state index in [0.29, 0.717) is 11.7 Å². The molecule has 6 nitrogen and oxygen atoms in total. The van der Waals surface area contributed by atoms with E-state index in [0.717, 1.165) is 22.0 Å². The van der Waals surface area contributed by atoms with Crippen molar-refractivity contribution in [3.05, 3.63) is 40.5 Å². The molecule has 0 radical (unpaired) electrons. The van der Waals surface area contributed by atoms with Gasteiger partial charge < -0.3 is 14.3 Å². The first-order valence-electron chi connectivity index (χ1n) is 7.47. The van der Waals surface area contributed by atoms with Crippen molar-refractivity contribution in [2.24, 2.45) is 7.05 Å². The Morgan fingerprint density at radius 2 is 2.29 bits per heavy atom. The van der Waals surface area contributed by atoms with Crippen LogP contribution in [0.1, 0.15) is 17.6 Å². The summed E-state index contributed by atoms with van der Waals surface area (Å²) in [6.07, 6.45) is 1.63. The molecular formula is C16H18N4O2S2. The Labute approximate surface area is 148 Å². The molecule has 3 aromatic heterocycles. The predicted octanol–water partition coefficient (Wildman–Crippen LogP) is 3.24. The van der Waals surface area contributed by atoms with Crippen LogP contribution in [-0.4, -0.2) is 25.9 Å². The number of carbonyl (C=O) groups is 1. The van der Waals surface area contributed by atoms with Crippen molar-refractivity contribution in [3.63, 3.8) is 0 Å². The minimum absolute atomic E-state index is 0.0163. The van der Waals surface area contributed by atoms with Crippen LogP contribution in [0.25, 0.3) is 11.4 Å². The fraction of sp³-hybridized carbons (Fsp3) is 0.312. The van der Waals surface area contributed by atoms with E-state index in [1.807, 2.05) is 49.0 Å². The van der Waals surface area contributed by atoms with Crippen molar-refractivity contribution >= 4 is 29.0 Å². The van der Waals surface area contributed by atoms with Crippen molar-refractivity contribution in [2.75, 3.05) is 0 Å². The van der Waals surface area contributed by atoms with Crippen LogP contribution in [0.15, 0.2) is 39.4 Å². The monoisotopic (exact) mass is 362 g/mol. The molecule has 0 aromatic carbocycles. The number of nitrogens with zero attached hydrogens (tertiary/aromatic N) is 3. The van der Waals surface area contributed by atoms with Gasteiger partial charge in [-0.2, -0.15) is 0 Å². The smallest absolute Gasteiger partial charge is 0.233 e. The number of aromatic nitrogens is 3. The lowest BCUT2D eigenvalue weighted by molar-refractivity contribution is -0.120. The summed E-state index contributed by atoms with van der Waals surface area (Å²) in [6, 6.07) is 5.85. The summed E-state index contributed by atoms with van der Waals surface area (Å²) < 4.78 is 7.20. The number of amides is 1. The average Bonchev–Trinajstić information content (AvgIpc) is 3.29. The van der Waals surface area contributed by atoms with Gasteiger partial charge in [0.1, 0.15) is 5.76 Å². The molecule has 126 valence electrons. The highest BCUT2D eigenvalue weighted by atomic mass is 32.2. The van der Waals surface area contributed by atoms with Crippen molar-refractivity contribution in [1.29, 1.82) is 0 Å². The van der Waals surface area contributed by atoms with Gasteiger partial charge in [-0.1, -0.05) is 17.8 Å². The van der Waals surface area contributed by atoms with Gasteiger partial charge in [-0.05, 0) is 31.4 Å². The van der Waals surface area contributed by atoms with Gasteiger partial charge in [0.05, 0.1) is 23.6 Å². The van der Waals surface area contributed by atoms with Gasteiger partial charge in [0.25, 0.3) is 0 Å². The van der Waals surface area contributed by atoms with Gasteiger partial charge in [0.15, 0.2) is 11.0 Å². The fourth-order valence-electron chi connectivity index (χ4n) is 2.21. The summed E-state index contributed by atoms with van der Waals surface area (Å²) in [4.78, 5) is 13.4. The van der Waals surface area contributed by atoms with E-state index in [1.165, 1.54) is 11.8 Å². The fourth-order valence-corrected chi connectivity index (χ4v) is 3.70. The molecule has 0 saturated carbocycles. The molecule has 0 aliphatic carbocycles. The lowest BCUT2D eigenvalue weighted by atomic mass is 10.2. The van der Waals surface area contributed by atoms with Crippen LogP contribution in [-0.2, 0) is 18.4 Å². The number of rotatable bonds is 6. The van der Waals surface area contributed by atoms with Crippen LogP contribution in [0.4, 0.5) is 0 Å². The second kappa shape index (κ2) is 7.23. The number of aryl methyl sites for hydroxylation is 1. The Morgan fingerprint density at radius 1 is 1.46 bits per heavy atom. The summed E-state index contributed by atoms with van der Waals surface area (Å²) in [5.41, 5.74) is 0.909. The number of hydrogen-bond donors (Lipinski definition) is 1. The summed E-state index contributed by atoms with van der Waals surface area (Å²) in [5.74, 6) is 1.51. The zero-order valence-corrected chi connectivity index (χ0v) is 15.3. The number of carbonyl (C=O) groups excluding carboxylic acids is 1. The molecule has 8 heteroatoms. The molecule has 3 rings (SSSR count). The van der Waals surface area contributed by atoms with Gasteiger partial charge in [-0.3, -0.25) is 4.79 Å². The van der Waals surface area contributed by atoms with Gasteiger partial charge in [-0.25, -0.2) is 0 Å². The van der Waals surface area contributed by atoms with E-state index in [-0.39, 0.29) is 11.2 Å². The van der Waals surface area contributed by atoms with Crippen LogP contribution in [0.5, 0.6) is 0 Å². The van der Waals surface area contributed by atoms with Gasteiger partial charge >= 0.3 is 0 Å². The third-order valence-corrected chi connectivity index (χ3v) is 5.61. The highest BCUT2D eigenvalue weighted by molar-refractivity contribution is 8.00. The van der Waals surface area contributed by atoms with Gasteiger partial charge in [0.2, 0.25) is 5.91 Å². The number of thioether (sulfide) groups is 1. The molecule has 0 aliphatic rings. The quantitative estimate of drug-likeness (QED) is 0.682. The Kier molecular flexibility index (Phi) is 5.06. The minimum Gasteiger partial charge on any atom is -0.469 e. The molecule has 0 fully saturated rings. The van der Waals surface area contributed by atoms with Gasteiger partial charge in [0, 0.05) is 11.9 Å². The summed E-state index contributed by atoms with van der Waals surface area (Å²) in [6.45, 7) is 4.31. The van der Waals surface area contributed by atoms with E-state index in [9.17, 15) is 4.79 Å². The maximum absolute atomic E-state index is 12.2.